The second kappa shape index (κ2) is 42.5. The zero-order valence-electron chi connectivity index (χ0n) is 68.9. The van der Waals surface area contributed by atoms with E-state index in [0.717, 1.165) is 35.8 Å². The standard InChI is InChI=1S/C22H18Cl3N3O7S.C21H23Cl3N2O5.C17H16Cl3NO3.C14H23NO5.C7H4Cl3NO.ClH/c1-3-34-21(29)18-19(17-13(24)8-12(23)9-14(17)25)26-35-20(18)22(2)10-27(11-22)36(32,33)16-7-5-4-6-15(16)28(30)31;1-6-29-18(27)15-16(14-12(23)7-11(22)8-13(14)24)25-31-17(15)21(5)9-26(10-21)19(28)30-20(2,3)4;1-3-23-16(22)13-14(12-10(19)7-9(18)8-11(12)20)21-24-15(13)17(2)5-4-6-17;1-6-19-11(17)7-10(16)14(5)8-15(9-14)12(18)20-13(2,3)4;8-4-1-6(9)5(3-11-12)7(10)2-4;/h4-9H,3,10-11H2,1-2H3;7-8H,6,9-10H2,1-5H3;7-8H,3-6H2,1-2H3;6-9H2,1-5H3;1-3,12H;1H/b;;;;11-3+;. The number of benzene rings is 5. The number of aromatic nitrogens is 3. The van der Waals surface area contributed by atoms with Crippen LogP contribution in [0.1, 0.15) is 177 Å². The van der Waals surface area contributed by atoms with Gasteiger partial charge in [-0.3, -0.25) is 19.7 Å². The highest BCUT2D eigenvalue weighted by molar-refractivity contribution is 7.89. The largest absolute Gasteiger partial charge is 0.466 e. The highest BCUT2D eigenvalue weighted by Crippen LogP contribution is 2.51. The number of carbonyl (C=O) groups is 7. The Morgan fingerprint density at radius 3 is 1.15 bits per heavy atom. The molecule has 0 radical (unpaired) electrons. The monoisotopic (exact) mass is 1990 g/mol. The van der Waals surface area contributed by atoms with Crippen LogP contribution in [0.2, 0.25) is 60.3 Å². The third-order valence-corrected chi connectivity index (χ3v) is 24.2. The van der Waals surface area contributed by atoms with Crippen molar-refractivity contribution in [1.82, 2.24) is 29.6 Å². The van der Waals surface area contributed by atoms with Gasteiger partial charge in [0.1, 0.15) is 51.4 Å². The lowest BCUT2D eigenvalue weighted by Gasteiger charge is -2.46. The highest BCUT2D eigenvalue weighted by atomic mass is 35.5. The van der Waals surface area contributed by atoms with E-state index in [1.807, 2.05) is 6.92 Å². The van der Waals surface area contributed by atoms with Crippen LogP contribution in [-0.4, -0.2) is 173 Å². The molecule has 3 aromatic heterocycles. The Kier molecular flexibility index (Phi) is 35.5. The number of nitro groups is 1. The number of likely N-dealkylation sites (tertiary alicyclic amines) is 2. The topological polar surface area (TPSA) is 373 Å². The first-order valence-corrected chi connectivity index (χ1v) is 43.5. The van der Waals surface area contributed by atoms with Gasteiger partial charge in [0.05, 0.1) is 94.0 Å². The molecule has 0 spiro atoms. The molecule has 124 heavy (non-hydrogen) atoms. The second-order valence-electron chi connectivity index (χ2n) is 31.3. The van der Waals surface area contributed by atoms with Crippen molar-refractivity contribution in [2.45, 2.75) is 155 Å². The minimum atomic E-state index is -4.21. The number of hydrogen-bond acceptors (Lipinski definition) is 25. The third kappa shape index (κ3) is 24.4. The average Bonchev–Trinajstić information content (AvgIpc) is 1.66. The van der Waals surface area contributed by atoms with Gasteiger partial charge in [-0.05, 0) is 157 Å². The Labute approximate surface area is 780 Å². The van der Waals surface area contributed by atoms with Crippen molar-refractivity contribution in [3.63, 3.8) is 0 Å². The Morgan fingerprint density at radius 1 is 0.516 bits per heavy atom. The fraction of sp³-hybridized carbons (Fsp3) is 0.420. The number of oxime groups is 1. The fourth-order valence-electron chi connectivity index (χ4n) is 13.2. The molecule has 29 nitrogen and oxygen atoms in total. The average molecular weight is 2000 g/mol. The summed E-state index contributed by atoms with van der Waals surface area (Å²) < 4.78 is 75.2. The summed E-state index contributed by atoms with van der Waals surface area (Å²) >= 11 is 73.1. The number of esters is 4. The van der Waals surface area contributed by atoms with Gasteiger partial charge in [-0.2, -0.15) is 4.31 Å². The maximum Gasteiger partial charge on any atom is 0.410 e. The number of halogens is 13. The predicted molar refractivity (Wildman–Crippen MR) is 475 cm³/mol. The van der Waals surface area contributed by atoms with E-state index in [1.165, 1.54) is 64.4 Å². The fourth-order valence-corrected chi connectivity index (χ4v) is 18.9. The van der Waals surface area contributed by atoms with E-state index in [1.54, 1.807) is 95.2 Å². The summed E-state index contributed by atoms with van der Waals surface area (Å²) in [5, 5.41) is 38.1. The molecule has 12 rings (SSSR count). The maximum absolute atomic E-state index is 13.2. The number of nitro benzene ring substituents is 1. The Balaban J connectivity index is 0.000000221. The first-order valence-electron chi connectivity index (χ1n) is 37.5. The first-order chi connectivity index (χ1) is 57.3. The van der Waals surface area contributed by atoms with Gasteiger partial charge >= 0.3 is 36.1 Å². The van der Waals surface area contributed by atoms with Crippen molar-refractivity contribution in [2.24, 2.45) is 10.6 Å². The molecule has 1 saturated carbocycles. The van der Waals surface area contributed by atoms with E-state index in [-0.39, 0.29) is 155 Å². The molecule has 2 amide bonds. The van der Waals surface area contributed by atoms with Crippen LogP contribution in [0.4, 0.5) is 15.3 Å². The van der Waals surface area contributed by atoms with E-state index in [2.05, 4.69) is 27.5 Å². The van der Waals surface area contributed by atoms with Gasteiger partial charge in [0, 0.05) is 93.1 Å². The second-order valence-corrected chi connectivity index (χ2v) is 38.2. The minimum absolute atomic E-state index is 0. The summed E-state index contributed by atoms with van der Waals surface area (Å²) in [4.78, 5) is 99.0. The molecule has 3 saturated heterocycles. The van der Waals surface area contributed by atoms with Crippen molar-refractivity contribution in [3.8, 4) is 33.8 Å². The number of para-hydroxylation sites is 1. The zero-order chi connectivity index (χ0) is 91.7. The normalized spacial score (nSPS) is 15.2. The number of Topliss-reactive ketones (excluding diaryl/α,β-unsaturated/α-hetero) is 1. The van der Waals surface area contributed by atoms with Crippen LogP contribution >= 0.6 is 152 Å². The number of ether oxygens (including phenoxy) is 6. The van der Waals surface area contributed by atoms with E-state index >= 15 is 0 Å². The number of ketones is 1. The van der Waals surface area contributed by atoms with Crippen molar-refractivity contribution < 1.29 is 94.1 Å². The third-order valence-electron chi connectivity index (χ3n) is 19.1. The Bertz CT molecular complexity index is 5400. The van der Waals surface area contributed by atoms with Crippen LogP contribution in [0.25, 0.3) is 33.8 Å². The molecule has 5 aromatic carbocycles. The molecule has 3 aliphatic heterocycles. The number of carbonyl (C=O) groups excluding carboxylic acids is 7. The number of nitrogens with zero attached hydrogens (tertiary/aromatic N) is 8. The van der Waals surface area contributed by atoms with Crippen LogP contribution in [0.15, 0.2) is 96.4 Å². The predicted octanol–water partition coefficient (Wildman–Crippen LogP) is 22.9. The van der Waals surface area contributed by atoms with E-state index in [9.17, 15) is 52.1 Å². The van der Waals surface area contributed by atoms with Crippen LogP contribution in [0.3, 0.4) is 0 Å². The van der Waals surface area contributed by atoms with E-state index in [0.29, 0.717) is 74.6 Å². The maximum atomic E-state index is 13.2. The SMILES string of the molecule is CCOC(=O)CC(=O)C1(C)CN(C(=O)OC(C)(C)C)C1.CCOC(=O)c1c(-c2c(Cl)cc(Cl)cc2Cl)noc1C1(C)CCC1.CCOC(=O)c1c(-c2c(Cl)cc(Cl)cc2Cl)noc1C1(C)CN(C(=O)OC(C)(C)C)C1.CCOC(=O)c1c(-c2c(Cl)cc(Cl)cc2Cl)noc1C1(C)CN(S(=O)(=O)c2ccccc2[N+](=O)[O-])C1.Cl.O/N=C/c1c(Cl)cc(Cl)cc1Cl. The number of hydrogen-bond donors (Lipinski definition) is 1. The van der Waals surface area contributed by atoms with E-state index in [4.69, 9.17) is 186 Å². The van der Waals surface area contributed by atoms with Crippen LogP contribution in [0.5, 0.6) is 0 Å². The Hall–Kier alpha value is -7.63. The van der Waals surface area contributed by atoms with Gasteiger partial charge < -0.3 is 57.0 Å². The van der Waals surface area contributed by atoms with Gasteiger partial charge in [-0.15, -0.1) is 12.4 Å². The molecule has 1 N–H and O–H groups in total. The molecule has 4 aliphatic rings. The summed E-state index contributed by atoms with van der Waals surface area (Å²) in [7, 11) is -4.21. The van der Waals surface area contributed by atoms with Gasteiger partial charge in [-0.25, -0.2) is 32.4 Å². The van der Waals surface area contributed by atoms with Gasteiger partial charge in [0.25, 0.3) is 5.69 Å². The van der Waals surface area contributed by atoms with Gasteiger partial charge in [-0.1, -0.05) is 185 Å². The summed E-state index contributed by atoms with van der Waals surface area (Å²) in [6.45, 7) is 26.4. The lowest BCUT2D eigenvalue weighted by atomic mass is 9.67. The lowest BCUT2D eigenvalue weighted by Crippen LogP contribution is -2.61. The molecule has 43 heteroatoms. The summed E-state index contributed by atoms with van der Waals surface area (Å²) in [5.74, 6) is -1.68. The smallest absolute Gasteiger partial charge is 0.410 e. The van der Waals surface area contributed by atoms with Crippen LogP contribution < -0.4 is 0 Å². The number of sulfonamides is 1. The van der Waals surface area contributed by atoms with Crippen LogP contribution in [0, 0.1) is 15.5 Å². The quantitative estimate of drug-likeness (QED) is 0.0141. The lowest BCUT2D eigenvalue weighted by molar-refractivity contribution is -0.387. The molecule has 1 aliphatic carbocycles. The number of rotatable bonds is 20. The molecule has 0 atom stereocenters. The molecule has 6 heterocycles. The Morgan fingerprint density at radius 2 is 0.839 bits per heavy atom. The molecule has 4 fully saturated rings. The zero-order valence-corrected chi connectivity index (χ0v) is 79.7. The molecule has 8 aromatic rings. The van der Waals surface area contributed by atoms with Crippen LogP contribution in [-0.2, 0) is 64.3 Å². The molecule has 672 valence electrons. The molecule has 0 unspecified atom stereocenters. The van der Waals surface area contributed by atoms with Crippen molar-refractivity contribution in [1.29, 1.82) is 0 Å². The summed E-state index contributed by atoms with van der Waals surface area (Å²) in [6.07, 6.45) is 2.97. The minimum Gasteiger partial charge on any atom is -0.466 e. The van der Waals surface area contributed by atoms with E-state index < -0.39 is 89.0 Å². The molecular formula is C81H85Cl13N8O21S. The van der Waals surface area contributed by atoms with Crippen molar-refractivity contribution >= 4 is 215 Å². The van der Waals surface area contributed by atoms with Gasteiger partial charge in [0.2, 0.25) is 10.0 Å². The summed E-state index contributed by atoms with van der Waals surface area (Å²) in [5.41, 5.74) is -2.03. The molecular weight excluding hydrogens is 1910 g/mol. The number of amides is 2. The summed E-state index contributed by atoms with van der Waals surface area (Å²) in [6, 6.07) is 17.1. The van der Waals surface area contributed by atoms with Gasteiger partial charge in [0.15, 0.2) is 28.0 Å². The highest BCUT2D eigenvalue weighted by Gasteiger charge is 2.54. The molecule has 0 bridgehead atoms. The van der Waals surface area contributed by atoms with Crippen molar-refractivity contribution in [3.05, 3.63) is 183 Å². The first kappa shape index (κ1) is 103. The van der Waals surface area contributed by atoms with Crippen molar-refractivity contribution in [2.75, 3.05) is 65.7 Å².